The molecule has 0 fully saturated rings. The predicted molar refractivity (Wildman–Crippen MR) is 74.2 cm³/mol. The lowest BCUT2D eigenvalue weighted by Crippen LogP contribution is -2.33. The van der Waals surface area contributed by atoms with E-state index in [0.717, 1.165) is 4.31 Å². The summed E-state index contributed by atoms with van der Waals surface area (Å²) in [5, 5.41) is 0. The van der Waals surface area contributed by atoms with Crippen molar-refractivity contribution < 1.29 is 22.7 Å². The van der Waals surface area contributed by atoms with Crippen LogP contribution in [0.5, 0.6) is 5.75 Å². The van der Waals surface area contributed by atoms with Gasteiger partial charge in [0.25, 0.3) is 0 Å². The van der Waals surface area contributed by atoms with E-state index in [1.807, 2.05) is 0 Å². The number of sulfonamides is 1. The molecule has 0 radical (unpaired) electrons. The third-order valence-corrected chi connectivity index (χ3v) is 4.53. The molecule has 0 spiro atoms. The van der Waals surface area contributed by atoms with Crippen molar-refractivity contribution in [3.05, 3.63) is 23.8 Å². The van der Waals surface area contributed by atoms with Crippen LogP contribution in [0.3, 0.4) is 0 Å². The van der Waals surface area contributed by atoms with Crippen molar-refractivity contribution >= 4 is 16.0 Å². The molecule has 0 aliphatic rings. The molecule has 1 rings (SSSR count). The molecule has 0 bridgehead atoms. The number of hydrogen-bond donors (Lipinski definition) is 0. The number of carbonyl (C=O) groups excluding carboxylic acids is 1. The Morgan fingerprint density at radius 1 is 1.35 bits per heavy atom. The van der Waals surface area contributed by atoms with Gasteiger partial charge in [-0.3, -0.25) is 4.79 Å². The number of nitrogens with zero attached hydrogens (tertiary/aromatic N) is 1. The number of likely N-dealkylation sites (N-methyl/N-ethyl adjacent to an activating group) is 1. The van der Waals surface area contributed by atoms with Gasteiger partial charge in [-0.2, -0.15) is 4.31 Å². The molecule has 0 saturated carbocycles. The van der Waals surface area contributed by atoms with Gasteiger partial charge in [0.05, 0.1) is 18.6 Å². The molecule has 0 saturated heterocycles. The molecule has 0 aliphatic carbocycles. The first-order valence-corrected chi connectivity index (χ1v) is 7.53. The third-order valence-electron chi connectivity index (χ3n) is 2.73. The number of benzene rings is 1. The summed E-state index contributed by atoms with van der Waals surface area (Å²) in [4.78, 5) is 11.5. The van der Waals surface area contributed by atoms with Crippen LogP contribution in [0.15, 0.2) is 23.1 Å². The summed E-state index contributed by atoms with van der Waals surface area (Å²) in [5.41, 5.74) is 0.707. The minimum Gasteiger partial charge on any atom is -0.496 e. The zero-order valence-electron chi connectivity index (χ0n) is 12.0. The standard InChI is InChI=1S/C13H19NO5S/c1-5-19-13(15)9-14(3)20(16,17)11-6-7-12(18-4)10(2)8-11/h6-8H,5,9H2,1-4H3. The Hall–Kier alpha value is -1.60. The number of esters is 1. The Bertz CT molecular complexity index is 582. The van der Waals surface area contributed by atoms with Gasteiger partial charge in [0.15, 0.2) is 0 Å². The summed E-state index contributed by atoms with van der Waals surface area (Å²) in [6, 6.07) is 4.54. The zero-order chi connectivity index (χ0) is 15.3. The second-order valence-electron chi connectivity index (χ2n) is 4.20. The molecule has 1 aromatic carbocycles. The second kappa shape index (κ2) is 6.71. The molecular weight excluding hydrogens is 282 g/mol. The lowest BCUT2D eigenvalue weighted by atomic mass is 10.2. The largest absolute Gasteiger partial charge is 0.496 e. The number of ether oxygens (including phenoxy) is 2. The summed E-state index contributed by atoms with van der Waals surface area (Å²) < 4.78 is 35.4. The minimum absolute atomic E-state index is 0.114. The van der Waals surface area contributed by atoms with Crippen LogP contribution in [0, 0.1) is 6.92 Å². The van der Waals surface area contributed by atoms with Gasteiger partial charge in [0.2, 0.25) is 10.0 Å². The van der Waals surface area contributed by atoms with Crippen molar-refractivity contribution in [3.8, 4) is 5.75 Å². The van der Waals surface area contributed by atoms with Crippen LogP contribution >= 0.6 is 0 Å². The highest BCUT2D eigenvalue weighted by Gasteiger charge is 2.24. The van der Waals surface area contributed by atoms with E-state index in [2.05, 4.69) is 0 Å². The Kier molecular flexibility index (Phi) is 5.52. The highest BCUT2D eigenvalue weighted by molar-refractivity contribution is 7.89. The van der Waals surface area contributed by atoms with Gasteiger partial charge in [0.1, 0.15) is 12.3 Å². The van der Waals surface area contributed by atoms with E-state index in [4.69, 9.17) is 9.47 Å². The van der Waals surface area contributed by atoms with Crippen molar-refractivity contribution in [1.82, 2.24) is 4.31 Å². The van der Waals surface area contributed by atoms with Crippen molar-refractivity contribution in [2.45, 2.75) is 18.7 Å². The first-order chi connectivity index (χ1) is 9.32. The molecule has 20 heavy (non-hydrogen) atoms. The van der Waals surface area contributed by atoms with Crippen LogP contribution < -0.4 is 4.74 Å². The molecular formula is C13H19NO5S. The quantitative estimate of drug-likeness (QED) is 0.738. The highest BCUT2D eigenvalue weighted by Crippen LogP contribution is 2.23. The topological polar surface area (TPSA) is 72.9 Å². The van der Waals surface area contributed by atoms with Crippen molar-refractivity contribution in [1.29, 1.82) is 0 Å². The van der Waals surface area contributed by atoms with E-state index in [1.165, 1.54) is 26.3 Å². The second-order valence-corrected chi connectivity index (χ2v) is 6.24. The minimum atomic E-state index is -3.72. The fraction of sp³-hybridized carbons (Fsp3) is 0.462. The molecule has 0 N–H and O–H groups in total. The monoisotopic (exact) mass is 301 g/mol. The van der Waals surface area contributed by atoms with Crippen LogP contribution in [0.2, 0.25) is 0 Å². The lowest BCUT2D eigenvalue weighted by molar-refractivity contribution is -0.143. The molecule has 0 unspecified atom stereocenters. The summed E-state index contributed by atoms with van der Waals surface area (Å²) in [6.07, 6.45) is 0. The summed E-state index contributed by atoms with van der Waals surface area (Å²) >= 11 is 0. The Morgan fingerprint density at radius 2 is 2.00 bits per heavy atom. The van der Waals surface area contributed by atoms with Crippen molar-refractivity contribution in [3.63, 3.8) is 0 Å². The molecule has 6 nitrogen and oxygen atoms in total. The fourth-order valence-electron chi connectivity index (χ4n) is 1.66. The van der Waals surface area contributed by atoms with Gasteiger partial charge in [-0.25, -0.2) is 8.42 Å². The lowest BCUT2D eigenvalue weighted by Gasteiger charge is -2.17. The maximum atomic E-state index is 12.3. The number of rotatable bonds is 6. The molecule has 7 heteroatoms. The summed E-state index contributed by atoms with van der Waals surface area (Å²) in [6.45, 7) is 3.32. The van der Waals surface area contributed by atoms with Crippen LogP contribution in [0.1, 0.15) is 12.5 Å². The molecule has 0 aliphatic heterocycles. The van der Waals surface area contributed by atoms with Crippen LogP contribution in [-0.4, -0.2) is 46.0 Å². The van der Waals surface area contributed by atoms with Crippen molar-refractivity contribution in [2.24, 2.45) is 0 Å². The van der Waals surface area contributed by atoms with Gasteiger partial charge in [-0.05, 0) is 37.6 Å². The van der Waals surface area contributed by atoms with Crippen LogP contribution in [0.4, 0.5) is 0 Å². The van der Waals surface area contributed by atoms with Gasteiger partial charge in [-0.15, -0.1) is 0 Å². The Balaban J connectivity index is 2.98. The molecule has 0 amide bonds. The van der Waals surface area contributed by atoms with E-state index in [-0.39, 0.29) is 18.0 Å². The van der Waals surface area contributed by atoms with Gasteiger partial charge in [-0.1, -0.05) is 0 Å². The maximum Gasteiger partial charge on any atom is 0.321 e. The van der Waals surface area contributed by atoms with Gasteiger partial charge in [0, 0.05) is 7.05 Å². The highest BCUT2D eigenvalue weighted by atomic mass is 32.2. The summed E-state index contributed by atoms with van der Waals surface area (Å²) in [5.74, 6) is 0.0285. The van der Waals surface area contributed by atoms with Crippen LogP contribution in [-0.2, 0) is 19.6 Å². The molecule has 1 aromatic rings. The van der Waals surface area contributed by atoms with E-state index >= 15 is 0 Å². The first kappa shape index (κ1) is 16.5. The van der Waals surface area contributed by atoms with E-state index in [1.54, 1.807) is 19.9 Å². The SMILES string of the molecule is CCOC(=O)CN(C)S(=O)(=O)c1ccc(OC)c(C)c1. The zero-order valence-corrected chi connectivity index (χ0v) is 12.9. The number of methoxy groups -OCH3 is 1. The van der Waals surface area contributed by atoms with Crippen molar-refractivity contribution in [2.75, 3.05) is 27.3 Å². The average molecular weight is 301 g/mol. The maximum absolute atomic E-state index is 12.3. The molecule has 0 atom stereocenters. The molecule has 0 heterocycles. The number of aryl methyl sites for hydroxylation is 1. The first-order valence-electron chi connectivity index (χ1n) is 6.09. The van der Waals surface area contributed by atoms with E-state index < -0.39 is 16.0 Å². The van der Waals surface area contributed by atoms with Gasteiger partial charge < -0.3 is 9.47 Å². The number of carbonyl (C=O) groups is 1. The number of hydrogen-bond acceptors (Lipinski definition) is 5. The fourth-order valence-corrected chi connectivity index (χ4v) is 2.87. The Morgan fingerprint density at radius 3 is 2.50 bits per heavy atom. The summed E-state index contributed by atoms with van der Waals surface area (Å²) in [7, 11) is -0.867. The van der Waals surface area contributed by atoms with Gasteiger partial charge >= 0.3 is 5.97 Å². The van der Waals surface area contributed by atoms with E-state index in [9.17, 15) is 13.2 Å². The smallest absolute Gasteiger partial charge is 0.321 e. The Labute approximate surface area is 119 Å². The third kappa shape index (κ3) is 3.71. The van der Waals surface area contributed by atoms with E-state index in [0.29, 0.717) is 11.3 Å². The molecule has 112 valence electrons. The predicted octanol–water partition coefficient (Wildman–Crippen LogP) is 1.19. The normalized spacial score (nSPS) is 11.4. The molecule has 0 aromatic heterocycles. The van der Waals surface area contributed by atoms with Crippen LogP contribution in [0.25, 0.3) is 0 Å². The average Bonchev–Trinajstić information content (AvgIpc) is 2.38.